The number of hydrogen-bond donors (Lipinski definition) is 0. The molecule has 0 bridgehead atoms. The fourth-order valence-electron chi connectivity index (χ4n) is 2.90. The van der Waals surface area contributed by atoms with Crippen molar-refractivity contribution in [1.29, 1.82) is 0 Å². The van der Waals surface area contributed by atoms with Crippen LogP contribution in [0.3, 0.4) is 0 Å². The third-order valence-corrected chi connectivity index (χ3v) is 6.08. The van der Waals surface area contributed by atoms with Crippen LogP contribution in [0.2, 0.25) is 0 Å². The molecule has 2 saturated heterocycles. The van der Waals surface area contributed by atoms with Crippen LogP contribution < -0.4 is 0 Å². The van der Waals surface area contributed by atoms with Gasteiger partial charge in [0.2, 0.25) is 10.0 Å². The van der Waals surface area contributed by atoms with Gasteiger partial charge in [-0.05, 0) is 31.0 Å². The van der Waals surface area contributed by atoms with E-state index in [0.29, 0.717) is 19.7 Å². The lowest BCUT2D eigenvalue weighted by molar-refractivity contribution is -0.142. The zero-order valence-corrected chi connectivity index (χ0v) is 13.5. The van der Waals surface area contributed by atoms with E-state index < -0.39 is 15.8 Å². The van der Waals surface area contributed by atoms with E-state index >= 15 is 0 Å². The summed E-state index contributed by atoms with van der Waals surface area (Å²) in [7, 11) is -3.73. The number of nitrogens with zero attached hydrogens (tertiary/aromatic N) is 2. The van der Waals surface area contributed by atoms with Crippen LogP contribution in [0.4, 0.5) is 4.39 Å². The summed E-state index contributed by atoms with van der Waals surface area (Å²) in [5.41, 5.74) is 0. The summed E-state index contributed by atoms with van der Waals surface area (Å²) in [6, 6.07) is 4.97. The molecular formula is C15H19FN2O4S. The molecule has 0 N–H and O–H groups in total. The Morgan fingerprint density at radius 3 is 2.57 bits per heavy atom. The van der Waals surface area contributed by atoms with E-state index in [4.69, 9.17) is 4.74 Å². The molecule has 2 aliphatic heterocycles. The fraction of sp³-hybridized carbons (Fsp3) is 0.533. The molecule has 0 radical (unpaired) electrons. The van der Waals surface area contributed by atoms with Crippen molar-refractivity contribution in [3.63, 3.8) is 0 Å². The van der Waals surface area contributed by atoms with E-state index in [1.165, 1.54) is 22.5 Å². The van der Waals surface area contributed by atoms with Crippen LogP contribution in [0, 0.1) is 5.82 Å². The van der Waals surface area contributed by atoms with Gasteiger partial charge in [-0.25, -0.2) is 12.8 Å². The standard InChI is InChI=1S/C15H19FN2O4S/c16-12-3-1-4-13(11-12)23(20,21)18-8-6-17(7-9-18)15(19)14-5-2-10-22-14/h1,3-4,11,14H,2,5-10H2/t14-/m1/s1. The van der Waals surface area contributed by atoms with E-state index in [2.05, 4.69) is 0 Å². The summed E-state index contributed by atoms with van der Waals surface area (Å²) in [5, 5.41) is 0. The first-order chi connectivity index (χ1) is 11.0. The zero-order valence-electron chi connectivity index (χ0n) is 12.7. The molecular weight excluding hydrogens is 323 g/mol. The Morgan fingerprint density at radius 1 is 1.22 bits per heavy atom. The highest BCUT2D eigenvalue weighted by atomic mass is 32.2. The minimum Gasteiger partial charge on any atom is -0.368 e. The summed E-state index contributed by atoms with van der Waals surface area (Å²) in [6.45, 7) is 1.67. The molecule has 0 spiro atoms. The third-order valence-electron chi connectivity index (χ3n) is 4.19. The van der Waals surface area contributed by atoms with Gasteiger partial charge in [-0.1, -0.05) is 6.07 Å². The zero-order chi connectivity index (χ0) is 16.4. The molecule has 0 unspecified atom stereocenters. The number of ether oxygens (including phenoxy) is 1. The van der Waals surface area contributed by atoms with Gasteiger partial charge in [0.15, 0.2) is 0 Å². The number of hydrogen-bond acceptors (Lipinski definition) is 4. The Bertz CT molecular complexity index is 680. The summed E-state index contributed by atoms with van der Waals surface area (Å²) >= 11 is 0. The van der Waals surface area contributed by atoms with Crippen molar-refractivity contribution >= 4 is 15.9 Å². The van der Waals surface area contributed by atoms with E-state index in [1.807, 2.05) is 0 Å². The minimum absolute atomic E-state index is 0.0589. The molecule has 126 valence electrons. The SMILES string of the molecule is O=C([C@H]1CCCO1)N1CCN(S(=O)(=O)c2cccc(F)c2)CC1. The first-order valence-corrected chi connectivity index (χ1v) is 9.08. The quantitative estimate of drug-likeness (QED) is 0.816. The van der Waals surface area contributed by atoms with Crippen molar-refractivity contribution in [2.24, 2.45) is 0 Å². The van der Waals surface area contributed by atoms with Crippen LogP contribution in [0.15, 0.2) is 29.2 Å². The van der Waals surface area contributed by atoms with Gasteiger partial charge in [0.05, 0.1) is 4.90 Å². The molecule has 23 heavy (non-hydrogen) atoms. The van der Waals surface area contributed by atoms with E-state index in [9.17, 15) is 17.6 Å². The lowest BCUT2D eigenvalue weighted by Crippen LogP contribution is -2.52. The second kappa shape index (κ2) is 6.54. The van der Waals surface area contributed by atoms with Gasteiger partial charge in [-0.2, -0.15) is 4.31 Å². The van der Waals surface area contributed by atoms with Crippen molar-refractivity contribution in [2.45, 2.75) is 23.8 Å². The molecule has 1 amide bonds. The van der Waals surface area contributed by atoms with Gasteiger partial charge in [-0.3, -0.25) is 4.79 Å². The van der Waals surface area contributed by atoms with Crippen molar-refractivity contribution in [2.75, 3.05) is 32.8 Å². The molecule has 3 rings (SSSR count). The van der Waals surface area contributed by atoms with Crippen LogP contribution in [0.5, 0.6) is 0 Å². The van der Waals surface area contributed by atoms with Crippen LogP contribution in [-0.2, 0) is 19.6 Å². The number of benzene rings is 1. The predicted molar refractivity (Wildman–Crippen MR) is 80.7 cm³/mol. The Labute approximate surface area is 134 Å². The number of amides is 1. The molecule has 8 heteroatoms. The molecule has 2 heterocycles. The Kier molecular flexibility index (Phi) is 4.65. The number of sulfonamides is 1. The number of rotatable bonds is 3. The summed E-state index contributed by atoms with van der Waals surface area (Å²) < 4.78 is 44.9. The maximum Gasteiger partial charge on any atom is 0.251 e. The lowest BCUT2D eigenvalue weighted by Gasteiger charge is -2.35. The third kappa shape index (κ3) is 3.39. The van der Waals surface area contributed by atoms with Gasteiger partial charge in [0, 0.05) is 32.8 Å². The topological polar surface area (TPSA) is 66.9 Å². The van der Waals surface area contributed by atoms with Gasteiger partial charge < -0.3 is 9.64 Å². The van der Waals surface area contributed by atoms with Crippen LogP contribution >= 0.6 is 0 Å². The largest absolute Gasteiger partial charge is 0.368 e. The number of halogens is 1. The molecule has 0 saturated carbocycles. The first kappa shape index (κ1) is 16.4. The van der Waals surface area contributed by atoms with Crippen LogP contribution in [0.1, 0.15) is 12.8 Å². The summed E-state index contributed by atoms with van der Waals surface area (Å²) in [5.74, 6) is -0.649. The molecule has 0 aromatic heterocycles. The Balaban J connectivity index is 1.65. The highest BCUT2D eigenvalue weighted by Crippen LogP contribution is 2.20. The molecule has 6 nitrogen and oxygen atoms in total. The van der Waals surface area contributed by atoms with E-state index in [-0.39, 0.29) is 30.0 Å². The second-order valence-electron chi connectivity index (χ2n) is 5.69. The maximum absolute atomic E-state index is 13.3. The summed E-state index contributed by atoms with van der Waals surface area (Å²) in [6.07, 6.45) is 1.21. The van der Waals surface area contributed by atoms with Crippen LogP contribution in [-0.4, -0.2) is 62.4 Å². The molecule has 1 aromatic rings. The highest BCUT2D eigenvalue weighted by Gasteiger charge is 2.34. The predicted octanol–water partition coefficient (Wildman–Crippen LogP) is 0.838. The Morgan fingerprint density at radius 2 is 1.96 bits per heavy atom. The summed E-state index contributed by atoms with van der Waals surface area (Å²) in [4.78, 5) is 13.8. The van der Waals surface area contributed by atoms with Gasteiger partial charge in [-0.15, -0.1) is 0 Å². The number of carbonyl (C=O) groups is 1. The second-order valence-corrected chi connectivity index (χ2v) is 7.63. The molecule has 1 aromatic carbocycles. The number of piperazine rings is 1. The minimum atomic E-state index is -3.73. The molecule has 2 fully saturated rings. The average Bonchev–Trinajstić information content (AvgIpc) is 3.09. The maximum atomic E-state index is 13.3. The van der Waals surface area contributed by atoms with Crippen molar-refractivity contribution < 1.29 is 22.3 Å². The average molecular weight is 342 g/mol. The normalized spacial score (nSPS) is 23.2. The van der Waals surface area contributed by atoms with Crippen molar-refractivity contribution in [3.05, 3.63) is 30.1 Å². The monoisotopic (exact) mass is 342 g/mol. The van der Waals surface area contributed by atoms with Gasteiger partial charge in [0.25, 0.3) is 5.91 Å². The lowest BCUT2D eigenvalue weighted by atomic mass is 10.2. The van der Waals surface area contributed by atoms with E-state index in [0.717, 1.165) is 18.9 Å². The Hall–Kier alpha value is -1.51. The smallest absolute Gasteiger partial charge is 0.251 e. The molecule has 1 atom stereocenters. The fourth-order valence-corrected chi connectivity index (χ4v) is 4.36. The molecule has 0 aliphatic carbocycles. The molecule has 2 aliphatic rings. The van der Waals surface area contributed by atoms with Crippen LogP contribution in [0.25, 0.3) is 0 Å². The van der Waals surface area contributed by atoms with Gasteiger partial charge >= 0.3 is 0 Å². The van der Waals surface area contributed by atoms with Crippen molar-refractivity contribution in [3.8, 4) is 0 Å². The van der Waals surface area contributed by atoms with Gasteiger partial charge in [0.1, 0.15) is 11.9 Å². The van der Waals surface area contributed by atoms with Crippen molar-refractivity contribution in [1.82, 2.24) is 9.21 Å². The van der Waals surface area contributed by atoms with E-state index in [1.54, 1.807) is 4.90 Å². The first-order valence-electron chi connectivity index (χ1n) is 7.64. The highest BCUT2D eigenvalue weighted by molar-refractivity contribution is 7.89. The number of carbonyl (C=O) groups excluding carboxylic acids is 1.